The van der Waals surface area contributed by atoms with E-state index in [0.717, 1.165) is 57.8 Å². The maximum absolute atomic E-state index is 13.0. The highest BCUT2D eigenvalue weighted by atomic mass is 32.3. The smallest absolute Gasteiger partial charge is 0.394 e. The highest BCUT2D eigenvalue weighted by molar-refractivity contribution is 7.80. The first-order valence-electron chi connectivity index (χ1n) is 23.2. The first-order chi connectivity index (χ1) is 28.0. The minimum absolute atomic E-state index is 0.259. The third-order valence-electron chi connectivity index (χ3n) is 11.0. The molecule has 1 saturated heterocycles. The molecule has 0 aromatic carbocycles. The zero-order chi connectivity index (χ0) is 42.7. The SMILES string of the molecule is CCCCC/C=C\CCCCCCCC(=O)NC(COC1OC(CO)C(O)C(OS(=O)(=O)O)C1O)C(O)/C=C/CCCCCCCCCCCCCCCCCCC. The van der Waals surface area contributed by atoms with Gasteiger partial charge in [-0.15, -0.1) is 0 Å². The number of carbonyl (C=O) groups is 1. The van der Waals surface area contributed by atoms with Gasteiger partial charge < -0.3 is 35.2 Å². The second-order valence-electron chi connectivity index (χ2n) is 16.3. The summed E-state index contributed by atoms with van der Waals surface area (Å²) < 4.78 is 47.5. The van der Waals surface area contributed by atoms with Crippen molar-refractivity contribution in [2.45, 2.75) is 243 Å². The van der Waals surface area contributed by atoms with Crippen LogP contribution in [0, 0.1) is 0 Å². The molecule has 0 aromatic rings. The van der Waals surface area contributed by atoms with E-state index in [2.05, 4.69) is 35.5 Å². The average Bonchev–Trinajstić information content (AvgIpc) is 3.19. The van der Waals surface area contributed by atoms with Gasteiger partial charge in [0, 0.05) is 6.42 Å². The molecule has 1 fully saturated rings. The van der Waals surface area contributed by atoms with Crippen molar-refractivity contribution in [3.8, 4) is 0 Å². The summed E-state index contributed by atoms with van der Waals surface area (Å²) in [5.74, 6) is -0.273. The number of rotatable bonds is 39. The van der Waals surface area contributed by atoms with Crippen LogP contribution < -0.4 is 5.32 Å². The number of hydrogen-bond donors (Lipinski definition) is 6. The summed E-state index contributed by atoms with van der Waals surface area (Å²) in [6, 6.07) is -0.945. The van der Waals surface area contributed by atoms with Gasteiger partial charge in [0.05, 0.1) is 25.4 Å². The van der Waals surface area contributed by atoms with Crippen LogP contribution in [0.2, 0.25) is 0 Å². The van der Waals surface area contributed by atoms with Gasteiger partial charge in [-0.1, -0.05) is 173 Å². The zero-order valence-electron chi connectivity index (χ0n) is 36.4. The molecular weight excluding hydrogens is 763 g/mol. The third kappa shape index (κ3) is 28.9. The fourth-order valence-corrected chi connectivity index (χ4v) is 7.84. The maximum atomic E-state index is 13.0. The second-order valence-corrected chi connectivity index (χ2v) is 17.4. The zero-order valence-corrected chi connectivity index (χ0v) is 37.2. The van der Waals surface area contributed by atoms with E-state index in [4.69, 9.17) is 9.47 Å². The normalized spacial score (nSPS) is 21.3. The summed E-state index contributed by atoms with van der Waals surface area (Å²) in [5, 5.41) is 44.7. The van der Waals surface area contributed by atoms with Crippen molar-refractivity contribution >= 4 is 16.3 Å². The summed E-state index contributed by atoms with van der Waals surface area (Å²) in [6.45, 7) is 3.35. The van der Waals surface area contributed by atoms with E-state index in [-0.39, 0.29) is 18.9 Å². The van der Waals surface area contributed by atoms with Gasteiger partial charge in [0.2, 0.25) is 5.91 Å². The molecule has 7 unspecified atom stereocenters. The Labute approximate surface area is 352 Å². The highest BCUT2D eigenvalue weighted by Crippen LogP contribution is 2.26. The Hall–Kier alpha value is -1.42. The van der Waals surface area contributed by atoms with E-state index in [1.807, 2.05) is 6.08 Å². The number of ether oxygens (including phenoxy) is 2. The lowest BCUT2D eigenvalue weighted by molar-refractivity contribution is -0.298. The molecule has 12 nitrogen and oxygen atoms in total. The van der Waals surface area contributed by atoms with Gasteiger partial charge in [0.15, 0.2) is 6.29 Å². The summed E-state index contributed by atoms with van der Waals surface area (Å²) in [4.78, 5) is 13.0. The van der Waals surface area contributed by atoms with Gasteiger partial charge in [-0.2, -0.15) is 8.42 Å². The standard InChI is InChI=1S/C45H85NO11S/c1-3-5-7-9-11-13-15-17-18-19-20-21-22-23-24-26-28-30-32-34-39(48)38(46-41(49)35-33-31-29-27-25-16-14-12-10-8-6-4-2)37-55-45-43(51)44(57-58(52,53)54)42(50)40(36-47)56-45/h12,14,32,34,38-40,42-45,47-48,50-51H,3-11,13,15-31,33,35-37H2,1-2H3,(H,46,49)(H,52,53,54)/b14-12-,34-32+. The molecule has 0 saturated carbocycles. The molecule has 7 atom stereocenters. The van der Waals surface area contributed by atoms with Crippen molar-refractivity contribution < 1.29 is 51.8 Å². The molecule has 1 aliphatic rings. The Morgan fingerprint density at radius 2 is 1.10 bits per heavy atom. The van der Waals surface area contributed by atoms with Crippen LogP contribution in [0.3, 0.4) is 0 Å². The minimum Gasteiger partial charge on any atom is -0.394 e. The lowest BCUT2D eigenvalue weighted by atomic mass is 9.99. The molecule has 0 aliphatic carbocycles. The van der Waals surface area contributed by atoms with Gasteiger partial charge in [0.25, 0.3) is 0 Å². The fourth-order valence-electron chi connectivity index (χ4n) is 7.33. The maximum Gasteiger partial charge on any atom is 0.397 e. The Kier molecular flexibility index (Phi) is 34.1. The number of allylic oxidation sites excluding steroid dienone is 3. The van der Waals surface area contributed by atoms with Crippen molar-refractivity contribution in [2.24, 2.45) is 0 Å². The van der Waals surface area contributed by atoms with Crippen LogP contribution in [-0.2, 0) is 28.9 Å². The van der Waals surface area contributed by atoms with E-state index in [0.29, 0.717) is 6.42 Å². The van der Waals surface area contributed by atoms with Crippen molar-refractivity contribution in [3.63, 3.8) is 0 Å². The largest absolute Gasteiger partial charge is 0.397 e. The van der Waals surface area contributed by atoms with Crippen LogP contribution >= 0.6 is 0 Å². The van der Waals surface area contributed by atoms with Crippen LogP contribution in [-0.4, -0.2) is 95.4 Å². The number of nitrogens with one attached hydrogen (secondary N) is 1. The van der Waals surface area contributed by atoms with E-state index >= 15 is 0 Å². The molecule has 1 heterocycles. The van der Waals surface area contributed by atoms with Gasteiger partial charge in [-0.25, -0.2) is 4.18 Å². The van der Waals surface area contributed by atoms with E-state index in [9.17, 15) is 38.2 Å². The average molecular weight is 848 g/mol. The molecule has 0 radical (unpaired) electrons. The van der Waals surface area contributed by atoms with Gasteiger partial charge >= 0.3 is 10.4 Å². The third-order valence-corrected chi connectivity index (χ3v) is 11.4. The quantitative estimate of drug-likeness (QED) is 0.0197. The Morgan fingerprint density at radius 3 is 1.59 bits per heavy atom. The summed E-state index contributed by atoms with van der Waals surface area (Å²) in [7, 11) is -5.08. The molecule has 0 aromatic heterocycles. The molecule has 58 heavy (non-hydrogen) atoms. The topological polar surface area (TPSA) is 192 Å². The van der Waals surface area contributed by atoms with E-state index in [1.165, 1.54) is 116 Å². The molecule has 1 aliphatic heterocycles. The molecule has 1 amide bonds. The predicted molar refractivity (Wildman–Crippen MR) is 232 cm³/mol. The number of carbonyl (C=O) groups excluding carboxylic acids is 1. The van der Waals surface area contributed by atoms with Crippen LogP contribution in [0.1, 0.15) is 200 Å². The highest BCUT2D eigenvalue weighted by Gasteiger charge is 2.48. The molecule has 0 spiro atoms. The first-order valence-corrected chi connectivity index (χ1v) is 24.6. The Bertz CT molecular complexity index is 1140. The number of hydrogen-bond acceptors (Lipinski definition) is 10. The van der Waals surface area contributed by atoms with Crippen LogP contribution in [0.15, 0.2) is 24.3 Å². The summed E-state index contributed by atoms with van der Waals surface area (Å²) in [5.41, 5.74) is 0. The Balaban J connectivity index is 2.51. The number of aliphatic hydroxyl groups excluding tert-OH is 4. The summed E-state index contributed by atoms with van der Waals surface area (Å²) in [6.07, 6.45) is 32.2. The summed E-state index contributed by atoms with van der Waals surface area (Å²) >= 11 is 0. The molecule has 6 N–H and O–H groups in total. The van der Waals surface area contributed by atoms with Crippen molar-refractivity contribution in [2.75, 3.05) is 13.2 Å². The lowest BCUT2D eigenvalue weighted by Crippen LogP contribution is -2.61. The lowest BCUT2D eigenvalue weighted by Gasteiger charge is -2.41. The van der Waals surface area contributed by atoms with Crippen LogP contribution in [0.5, 0.6) is 0 Å². The van der Waals surface area contributed by atoms with Crippen molar-refractivity contribution in [3.05, 3.63) is 24.3 Å². The minimum atomic E-state index is -5.08. The second kappa shape index (κ2) is 36.3. The van der Waals surface area contributed by atoms with E-state index < -0.39 is 59.9 Å². The number of aliphatic hydroxyl groups is 4. The van der Waals surface area contributed by atoms with Gasteiger partial charge in [-0.05, 0) is 44.9 Å². The first kappa shape index (κ1) is 54.6. The molecule has 342 valence electrons. The van der Waals surface area contributed by atoms with Crippen LogP contribution in [0.25, 0.3) is 0 Å². The molecule has 0 bridgehead atoms. The van der Waals surface area contributed by atoms with E-state index in [1.54, 1.807) is 6.08 Å². The Morgan fingerprint density at radius 1 is 0.672 bits per heavy atom. The van der Waals surface area contributed by atoms with Crippen molar-refractivity contribution in [1.82, 2.24) is 5.32 Å². The van der Waals surface area contributed by atoms with Crippen LogP contribution in [0.4, 0.5) is 0 Å². The number of unbranched alkanes of at least 4 members (excludes halogenated alkanes) is 25. The van der Waals surface area contributed by atoms with Crippen molar-refractivity contribution in [1.29, 1.82) is 0 Å². The molecule has 1 rings (SSSR count). The molecular formula is C45H85NO11S. The number of amides is 1. The van der Waals surface area contributed by atoms with Gasteiger partial charge in [-0.3, -0.25) is 9.35 Å². The predicted octanol–water partition coefficient (Wildman–Crippen LogP) is 8.94. The fraction of sp³-hybridized carbons (Fsp3) is 0.889. The molecule has 13 heteroatoms. The van der Waals surface area contributed by atoms with Gasteiger partial charge in [0.1, 0.15) is 24.4 Å². The monoisotopic (exact) mass is 848 g/mol.